The fourth-order valence-electron chi connectivity index (χ4n) is 1.32. The number of hydrogen-bond donors (Lipinski definition) is 1. The van der Waals surface area contributed by atoms with Crippen LogP contribution in [0.15, 0.2) is 39.1 Å². The summed E-state index contributed by atoms with van der Waals surface area (Å²) in [5, 5.41) is 3.62. The quantitative estimate of drug-likeness (QED) is 0.728. The molecule has 0 saturated carbocycles. The van der Waals surface area contributed by atoms with Crippen LogP contribution in [0.4, 0.5) is 5.69 Å². The van der Waals surface area contributed by atoms with E-state index in [4.69, 9.17) is 0 Å². The van der Waals surface area contributed by atoms with E-state index in [1.165, 1.54) is 4.90 Å². The first-order valence-corrected chi connectivity index (χ1v) is 5.75. The van der Waals surface area contributed by atoms with Gasteiger partial charge in [-0.2, -0.15) is 0 Å². The Bertz CT molecular complexity index is 387. The molecule has 0 spiro atoms. The van der Waals surface area contributed by atoms with E-state index in [1.807, 2.05) is 18.3 Å². The van der Waals surface area contributed by atoms with Crippen LogP contribution in [0.5, 0.6) is 0 Å². The lowest BCUT2D eigenvalue weighted by atomic mass is 10.3. The summed E-state index contributed by atoms with van der Waals surface area (Å²) in [4.78, 5) is 9.48. The highest BCUT2D eigenvalue weighted by Crippen LogP contribution is 2.29. The normalized spacial score (nSPS) is 20.5. The van der Waals surface area contributed by atoms with Gasteiger partial charge in [-0.05, 0) is 19.1 Å². The summed E-state index contributed by atoms with van der Waals surface area (Å²) < 4.78 is 0. The number of fused-ring (bicyclic) bond motifs is 1. The Morgan fingerprint density at radius 3 is 3.20 bits per heavy atom. The molecule has 3 nitrogen and oxygen atoms in total. The largest absolute Gasteiger partial charge is 0.365 e. The van der Waals surface area contributed by atoms with Crippen molar-refractivity contribution in [2.45, 2.75) is 17.1 Å². The number of nitrogens with zero attached hydrogens (tertiary/aromatic N) is 2. The van der Waals surface area contributed by atoms with E-state index in [-0.39, 0.29) is 0 Å². The first-order chi connectivity index (χ1) is 7.36. The number of para-hydroxylation sites is 1. The summed E-state index contributed by atoms with van der Waals surface area (Å²) in [6, 6.07) is 8.26. The molecule has 0 aromatic heterocycles. The van der Waals surface area contributed by atoms with Crippen LogP contribution in [-0.2, 0) is 0 Å². The van der Waals surface area contributed by atoms with Gasteiger partial charge in [0.25, 0.3) is 0 Å². The number of aliphatic imine (C=N–C) groups is 2. The molecular weight excluding hydrogens is 206 g/mol. The van der Waals surface area contributed by atoms with Crippen LogP contribution in [0, 0.1) is 0 Å². The third-order valence-electron chi connectivity index (χ3n) is 2.01. The number of benzene rings is 1. The van der Waals surface area contributed by atoms with Gasteiger partial charge in [0.15, 0.2) is 0 Å². The fourth-order valence-corrected chi connectivity index (χ4v) is 2.28. The predicted molar refractivity (Wildman–Crippen MR) is 67.2 cm³/mol. The van der Waals surface area contributed by atoms with Crippen LogP contribution in [0.2, 0.25) is 0 Å². The van der Waals surface area contributed by atoms with Gasteiger partial charge in [-0.25, -0.2) is 4.99 Å². The second-order valence-corrected chi connectivity index (χ2v) is 4.67. The molecule has 1 unspecified atom stereocenters. The first kappa shape index (κ1) is 10.2. The van der Waals surface area contributed by atoms with Gasteiger partial charge in [0.1, 0.15) is 13.0 Å². The molecule has 1 heterocycles. The zero-order valence-corrected chi connectivity index (χ0v) is 9.37. The Morgan fingerprint density at radius 2 is 2.27 bits per heavy atom. The zero-order valence-electron chi connectivity index (χ0n) is 8.55. The lowest BCUT2D eigenvalue weighted by Crippen LogP contribution is -2.04. The highest BCUT2D eigenvalue weighted by atomic mass is 32.2. The monoisotopic (exact) mass is 219 g/mol. The molecule has 0 bridgehead atoms. The van der Waals surface area contributed by atoms with Gasteiger partial charge in [0, 0.05) is 22.0 Å². The van der Waals surface area contributed by atoms with Crippen molar-refractivity contribution in [1.82, 2.24) is 0 Å². The van der Waals surface area contributed by atoms with Crippen molar-refractivity contribution < 1.29 is 0 Å². The second kappa shape index (κ2) is 4.98. The molecule has 1 aliphatic heterocycles. The average molecular weight is 219 g/mol. The molecule has 0 saturated heterocycles. The van der Waals surface area contributed by atoms with E-state index < -0.39 is 0 Å². The van der Waals surface area contributed by atoms with Crippen molar-refractivity contribution in [2.24, 2.45) is 9.98 Å². The summed E-state index contributed by atoms with van der Waals surface area (Å²) >= 11 is 1.80. The van der Waals surface area contributed by atoms with Gasteiger partial charge in [0.2, 0.25) is 0 Å². The van der Waals surface area contributed by atoms with E-state index >= 15 is 0 Å². The molecule has 1 aromatic rings. The van der Waals surface area contributed by atoms with Crippen molar-refractivity contribution in [3.63, 3.8) is 0 Å². The smallest absolute Gasteiger partial charge is 0.111 e. The molecule has 1 atom stereocenters. The molecule has 0 amide bonds. The van der Waals surface area contributed by atoms with Gasteiger partial charge < -0.3 is 5.32 Å². The van der Waals surface area contributed by atoms with Crippen molar-refractivity contribution in [3.05, 3.63) is 24.3 Å². The molecule has 78 valence electrons. The van der Waals surface area contributed by atoms with Gasteiger partial charge in [-0.1, -0.05) is 12.1 Å². The summed E-state index contributed by atoms with van der Waals surface area (Å²) in [6.07, 6.45) is 3.51. The van der Waals surface area contributed by atoms with Crippen LogP contribution in [-0.4, -0.2) is 24.5 Å². The van der Waals surface area contributed by atoms with Crippen LogP contribution in [0.25, 0.3) is 0 Å². The highest BCUT2D eigenvalue weighted by molar-refractivity contribution is 8.00. The van der Waals surface area contributed by atoms with Gasteiger partial charge in [-0.15, -0.1) is 11.8 Å². The number of thioether (sulfide) groups is 1. The Kier molecular flexibility index (Phi) is 3.40. The van der Waals surface area contributed by atoms with Crippen LogP contribution < -0.4 is 5.32 Å². The second-order valence-electron chi connectivity index (χ2n) is 3.25. The van der Waals surface area contributed by atoms with E-state index in [1.54, 1.807) is 18.1 Å². The molecular formula is C11H13N3S. The predicted octanol–water partition coefficient (Wildman–Crippen LogP) is 2.65. The van der Waals surface area contributed by atoms with E-state index in [2.05, 4.69) is 34.4 Å². The number of rotatable bonds is 0. The maximum absolute atomic E-state index is 4.12. The number of anilines is 1. The summed E-state index contributed by atoms with van der Waals surface area (Å²) in [7, 11) is 0. The third-order valence-corrected chi connectivity index (χ3v) is 3.11. The molecule has 1 N–H and O–H groups in total. The lowest BCUT2D eigenvalue weighted by Gasteiger charge is -2.12. The van der Waals surface area contributed by atoms with Gasteiger partial charge in [-0.3, -0.25) is 4.99 Å². The maximum Gasteiger partial charge on any atom is 0.111 e. The average Bonchev–Trinajstić information content (AvgIpc) is 2.25. The minimum absolute atomic E-state index is 0.359. The minimum Gasteiger partial charge on any atom is -0.365 e. The van der Waals surface area contributed by atoms with Gasteiger partial charge in [0.05, 0.1) is 0 Å². The van der Waals surface area contributed by atoms with Crippen LogP contribution in [0.1, 0.15) is 6.92 Å². The Balaban J connectivity index is 2.28. The third kappa shape index (κ3) is 2.83. The van der Waals surface area contributed by atoms with Crippen molar-refractivity contribution in [2.75, 3.05) is 12.0 Å². The van der Waals surface area contributed by atoms with E-state index in [0.717, 1.165) is 5.69 Å². The first-order valence-electron chi connectivity index (χ1n) is 4.87. The molecule has 1 aliphatic rings. The van der Waals surface area contributed by atoms with E-state index in [0.29, 0.717) is 11.9 Å². The number of hydrogen-bond acceptors (Lipinski definition) is 4. The topological polar surface area (TPSA) is 36.8 Å². The molecule has 0 fully saturated rings. The molecule has 0 aliphatic carbocycles. The highest BCUT2D eigenvalue weighted by Gasteiger charge is 2.06. The lowest BCUT2D eigenvalue weighted by molar-refractivity contribution is 1.12. The zero-order chi connectivity index (χ0) is 10.5. The summed E-state index contributed by atoms with van der Waals surface area (Å²) in [5.74, 6) is 0. The van der Waals surface area contributed by atoms with Crippen molar-refractivity contribution >= 4 is 30.0 Å². The molecule has 2 rings (SSSR count). The van der Waals surface area contributed by atoms with Gasteiger partial charge >= 0.3 is 0 Å². The molecule has 15 heavy (non-hydrogen) atoms. The Hall–Kier alpha value is -1.29. The summed E-state index contributed by atoms with van der Waals surface area (Å²) in [5.41, 5.74) is 1.14. The fraction of sp³-hybridized carbons (Fsp3) is 0.273. The summed E-state index contributed by atoms with van der Waals surface area (Å²) in [6.45, 7) is 2.70. The Morgan fingerprint density at radius 1 is 1.40 bits per heavy atom. The number of nitrogens with one attached hydrogen (secondary N) is 1. The SMILES string of the molecule is CC1C=NC=NCNc2ccccc2S1. The standard InChI is InChI=1S/C11H13N3S/c1-9-6-12-7-13-8-14-10-4-2-3-5-11(10)15-9/h2-7,9,14H,8H2,1H3. The van der Waals surface area contributed by atoms with Crippen molar-refractivity contribution in [3.8, 4) is 0 Å². The molecule has 0 radical (unpaired) electrons. The van der Waals surface area contributed by atoms with Crippen molar-refractivity contribution in [1.29, 1.82) is 0 Å². The van der Waals surface area contributed by atoms with E-state index in [9.17, 15) is 0 Å². The van der Waals surface area contributed by atoms with Crippen LogP contribution in [0.3, 0.4) is 0 Å². The molecule has 4 heteroatoms. The van der Waals surface area contributed by atoms with Crippen LogP contribution >= 0.6 is 11.8 Å². The molecule has 1 aromatic carbocycles. The Labute approximate surface area is 93.7 Å². The maximum atomic E-state index is 4.12. The minimum atomic E-state index is 0.359.